The van der Waals surface area contributed by atoms with Crippen molar-refractivity contribution in [2.45, 2.75) is 57.7 Å². The Morgan fingerprint density at radius 2 is 1.82 bits per heavy atom. The summed E-state index contributed by atoms with van der Waals surface area (Å²) in [6, 6.07) is 0.932. The largest absolute Gasteiger partial charge is 0.491 e. The van der Waals surface area contributed by atoms with Gasteiger partial charge in [0.05, 0.1) is 24.6 Å². The van der Waals surface area contributed by atoms with Crippen LogP contribution in [0.1, 0.15) is 49.9 Å². The van der Waals surface area contributed by atoms with E-state index in [2.05, 4.69) is 26.6 Å². The van der Waals surface area contributed by atoms with Gasteiger partial charge in [-0.15, -0.1) is 0 Å². The maximum atomic E-state index is 13.2. The van der Waals surface area contributed by atoms with Crippen LogP contribution in [-0.2, 0) is 19.2 Å². The monoisotopic (exact) mass is 547 g/mol. The first-order chi connectivity index (χ1) is 18.6. The Balaban J connectivity index is 1.90. The second kappa shape index (κ2) is 13.9. The Morgan fingerprint density at radius 1 is 1.10 bits per heavy atom. The molecule has 13 heteroatoms. The molecule has 214 valence electrons. The molecular formula is C26H37N5O8. The van der Waals surface area contributed by atoms with E-state index in [0.29, 0.717) is 18.5 Å². The number of aliphatic carboxylic acids is 1. The minimum absolute atomic E-state index is 0.0232. The SMILES string of the molecule is CC(C)C[C@@H]1NC(=O)C[C@@H](C(=O)O)NC(=O)c2cc(NC(=O)C3CCNCC3)ccc2OCC(CO)NC1=O. The smallest absolute Gasteiger partial charge is 0.326 e. The number of fused-ring (bicyclic) bond motifs is 1. The molecule has 1 saturated heterocycles. The first-order valence-corrected chi connectivity index (χ1v) is 13.1. The van der Waals surface area contributed by atoms with Gasteiger partial charge in [0, 0.05) is 11.6 Å². The van der Waals surface area contributed by atoms with Gasteiger partial charge in [-0.25, -0.2) is 4.79 Å². The molecule has 7 N–H and O–H groups in total. The van der Waals surface area contributed by atoms with Crippen molar-refractivity contribution in [3.05, 3.63) is 23.8 Å². The summed E-state index contributed by atoms with van der Waals surface area (Å²) < 4.78 is 5.77. The van der Waals surface area contributed by atoms with Crippen LogP contribution in [-0.4, -0.2) is 84.2 Å². The third kappa shape index (κ3) is 8.65. The minimum Gasteiger partial charge on any atom is -0.491 e. The first kappa shape index (κ1) is 29.8. The molecule has 13 nitrogen and oxygen atoms in total. The molecule has 0 spiro atoms. The number of carbonyl (C=O) groups is 5. The number of piperidine rings is 1. The fourth-order valence-electron chi connectivity index (χ4n) is 4.45. The van der Waals surface area contributed by atoms with Crippen LogP contribution in [0.4, 0.5) is 5.69 Å². The molecular weight excluding hydrogens is 510 g/mol. The van der Waals surface area contributed by atoms with Gasteiger partial charge in [0.2, 0.25) is 17.7 Å². The Morgan fingerprint density at radius 3 is 2.46 bits per heavy atom. The van der Waals surface area contributed by atoms with Gasteiger partial charge in [-0.05, 0) is 56.5 Å². The molecule has 39 heavy (non-hydrogen) atoms. The van der Waals surface area contributed by atoms with Crippen molar-refractivity contribution in [3.8, 4) is 5.75 Å². The fourth-order valence-corrected chi connectivity index (χ4v) is 4.45. The molecule has 0 bridgehead atoms. The van der Waals surface area contributed by atoms with E-state index >= 15 is 0 Å². The van der Waals surface area contributed by atoms with Gasteiger partial charge in [0.15, 0.2) is 0 Å². The van der Waals surface area contributed by atoms with Crippen molar-refractivity contribution in [2.75, 3.05) is 31.6 Å². The normalized spacial score (nSPS) is 23.4. The number of hydrogen-bond acceptors (Lipinski definition) is 8. The highest BCUT2D eigenvalue weighted by molar-refractivity contribution is 6.02. The highest BCUT2D eigenvalue weighted by Crippen LogP contribution is 2.25. The number of hydrogen-bond donors (Lipinski definition) is 7. The molecule has 1 unspecified atom stereocenters. The Kier molecular flexibility index (Phi) is 10.6. The molecule has 0 aliphatic carbocycles. The summed E-state index contributed by atoms with van der Waals surface area (Å²) in [6.45, 7) is 4.48. The zero-order valence-corrected chi connectivity index (χ0v) is 22.1. The number of benzene rings is 1. The number of ether oxygens (including phenoxy) is 1. The molecule has 2 aliphatic rings. The molecule has 1 aromatic rings. The van der Waals surface area contributed by atoms with Crippen LogP contribution in [0, 0.1) is 11.8 Å². The highest BCUT2D eigenvalue weighted by Gasteiger charge is 2.30. The fraction of sp³-hybridized carbons (Fsp3) is 0.577. The minimum atomic E-state index is -1.59. The van der Waals surface area contributed by atoms with E-state index < -0.39 is 54.8 Å². The van der Waals surface area contributed by atoms with Crippen LogP contribution in [0.15, 0.2) is 18.2 Å². The van der Waals surface area contributed by atoms with E-state index in [0.717, 1.165) is 13.1 Å². The second-order valence-electron chi connectivity index (χ2n) is 10.2. The lowest BCUT2D eigenvalue weighted by molar-refractivity contribution is -0.141. The molecule has 0 radical (unpaired) electrons. The maximum absolute atomic E-state index is 13.2. The number of nitrogens with one attached hydrogen (secondary N) is 5. The molecule has 3 rings (SSSR count). The van der Waals surface area contributed by atoms with E-state index in [1.54, 1.807) is 6.07 Å². The van der Waals surface area contributed by atoms with Gasteiger partial charge in [-0.3, -0.25) is 19.2 Å². The summed E-state index contributed by atoms with van der Waals surface area (Å²) in [5.41, 5.74) is 0.229. The average Bonchev–Trinajstić information content (AvgIpc) is 2.90. The molecule has 1 fully saturated rings. The predicted molar refractivity (Wildman–Crippen MR) is 140 cm³/mol. The second-order valence-corrected chi connectivity index (χ2v) is 10.2. The molecule has 0 saturated carbocycles. The van der Waals surface area contributed by atoms with Crippen molar-refractivity contribution in [1.82, 2.24) is 21.3 Å². The Hall–Kier alpha value is -3.71. The zero-order valence-electron chi connectivity index (χ0n) is 22.1. The molecule has 2 aliphatic heterocycles. The van der Waals surface area contributed by atoms with Gasteiger partial charge in [-0.2, -0.15) is 0 Å². The van der Waals surface area contributed by atoms with E-state index in [1.807, 2.05) is 13.8 Å². The molecule has 1 aromatic carbocycles. The maximum Gasteiger partial charge on any atom is 0.326 e. The van der Waals surface area contributed by atoms with Crippen LogP contribution in [0.3, 0.4) is 0 Å². The van der Waals surface area contributed by atoms with Crippen molar-refractivity contribution in [2.24, 2.45) is 11.8 Å². The Bertz CT molecular complexity index is 1070. The summed E-state index contributed by atoms with van der Waals surface area (Å²) in [5.74, 6) is -3.87. The number of rotatable bonds is 6. The third-order valence-electron chi connectivity index (χ3n) is 6.56. The predicted octanol–water partition coefficient (Wildman–Crippen LogP) is -0.402. The van der Waals surface area contributed by atoms with Gasteiger partial charge in [-0.1, -0.05) is 13.8 Å². The average molecular weight is 548 g/mol. The number of aliphatic hydroxyl groups is 1. The van der Waals surface area contributed by atoms with Crippen LogP contribution in [0.5, 0.6) is 5.75 Å². The summed E-state index contributed by atoms with van der Waals surface area (Å²) in [4.78, 5) is 63.4. The van der Waals surface area contributed by atoms with Crippen LogP contribution in [0.25, 0.3) is 0 Å². The van der Waals surface area contributed by atoms with Crippen molar-refractivity contribution >= 4 is 35.3 Å². The number of amides is 4. The lowest BCUT2D eigenvalue weighted by Crippen LogP contribution is -2.54. The van der Waals surface area contributed by atoms with Crippen LogP contribution >= 0.6 is 0 Å². The van der Waals surface area contributed by atoms with Crippen LogP contribution in [0.2, 0.25) is 0 Å². The van der Waals surface area contributed by atoms with Crippen molar-refractivity contribution < 1.29 is 38.9 Å². The lowest BCUT2D eigenvalue weighted by Gasteiger charge is -2.26. The first-order valence-electron chi connectivity index (χ1n) is 13.1. The number of anilines is 1. The molecule has 0 aromatic heterocycles. The molecule has 2 heterocycles. The quantitative estimate of drug-likeness (QED) is 0.248. The van der Waals surface area contributed by atoms with E-state index in [-0.39, 0.29) is 42.1 Å². The Labute approximate surface area is 226 Å². The highest BCUT2D eigenvalue weighted by atomic mass is 16.5. The topological polar surface area (TPSA) is 195 Å². The number of carboxylic acids is 1. The van der Waals surface area contributed by atoms with E-state index in [9.17, 15) is 34.2 Å². The molecule has 4 amide bonds. The van der Waals surface area contributed by atoms with Crippen LogP contribution < -0.4 is 31.3 Å². The van der Waals surface area contributed by atoms with Crippen molar-refractivity contribution in [3.63, 3.8) is 0 Å². The summed E-state index contributed by atoms with van der Waals surface area (Å²) in [5, 5.41) is 33.0. The number of aliphatic hydroxyl groups excluding tert-OH is 1. The van der Waals surface area contributed by atoms with E-state index in [4.69, 9.17) is 4.74 Å². The summed E-state index contributed by atoms with van der Waals surface area (Å²) in [7, 11) is 0. The lowest BCUT2D eigenvalue weighted by atomic mass is 9.97. The van der Waals surface area contributed by atoms with Gasteiger partial charge >= 0.3 is 5.97 Å². The number of carbonyl (C=O) groups excluding carboxylic acids is 4. The van der Waals surface area contributed by atoms with E-state index in [1.165, 1.54) is 12.1 Å². The van der Waals surface area contributed by atoms with Gasteiger partial charge in [0.25, 0.3) is 5.91 Å². The van der Waals surface area contributed by atoms with Crippen molar-refractivity contribution in [1.29, 1.82) is 0 Å². The zero-order chi connectivity index (χ0) is 28.5. The summed E-state index contributed by atoms with van der Waals surface area (Å²) in [6.07, 6.45) is 1.01. The number of carboxylic acid groups (broad SMARTS) is 1. The summed E-state index contributed by atoms with van der Waals surface area (Å²) >= 11 is 0. The molecule has 3 atom stereocenters. The van der Waals surface area contributed by atoms with Gasteiger partial charge < -0.3 is 41.5 Å². The standard InChI is InChI=1S/C26H37N5O8/c1-14(2)9-19-25(36)29-17(12-32)13-39-21-4-3-16(28-23(34)15-5-7-27-8-6-15)10-18(21)24(35)31-20(26(37)38)11-22(33)30-19/h3-4,10,14-15,17,19-20,27,32H,5-9,11-13H2,1-2H3,(H,28,34)(H,29,36)(H,30,33)(H,31,35)(H,37,38)/t17?,19-,20-/m0/s1. The van der Waals surface area contributed by atoms with Gasteiger partial charge in [0.1, 0.15) is 24.4 Å². The third-order valence-corrected chi connectivity index (χ3v) is 6.56.